The fourth-order valence-electron chi connectivity index (χ4n) is 3.70. The highest BCUT2D eigenvalue weighted by molar-refractivity contribution is 7.92. The topological polar surface area (TPSA) is 91.0 Å². The molecule has 1 fully saturated rings. The Morgan fingerprint density at radius 1 is 1.09 bits per heavy atom. The molecule has 2 aromatic rings. The smallest absolute Gasteiger partial charge is 0.262 e. The SMILES string of the molecule is CCN1CCN(CCCNC(=O)c2cccc(S(=O)(=O)Nc3cc(Cl)ccc3OC)c2)CC1. The monoisotopic (exact) mass is 494 g/mol. The molecule has 0 unspecified atom stereocenters. The first kappa shape index (κ1) is 25.3. The van der Waals surface area contributed by atoms with Gasteiger partial charge in [0, 0.05) is 43.3 Å². The first-order chi connectivity index (χ1) is 15.8. The van der Waals surface area contributed by atoms with Crippen LogP contribution >= 0.6 is 11.6 Å². The minimum Gasteiger partial charge on any atom is -0.495 e. The summed E-state index contributed by atoms with van der Waals surface area (Å²) in [5, 5.41) is 3.25. The summed E-state index contributed by atoms with van der Waals surface area (Å²) < 4.78 is 33.4. The Morgan fingerprint density at radius 3 is 2.52 bits per heavy atom. The zero-order chi connectivity index (χ0) is 23.8. The number of halogens is 1. The van der Waals surface area contributed by atoms with E-state index in [0.717, 1.165) is 45.7 Å². The highest BCUT2D eigenvalue weighted by Gasteiger charge is 2.19. The molecule has 0 aromatic heterocycles. The van der Waals surface area contributed by atoms with Crippen LogP contribution in [-0.2, 0) is 10.0 Å². The van der Waals surface area contributed by atoms with Gasteiger partial charge in [0.05, 0.1) is 17.7 Å². The minimum absolute atomic E-state index is 0.0222. The number of rotatable bonds is 10. The molecule has 1 amide bonds. The van der Waals surface area contributed by atoms with Crippen LogP contribution in [0.3, 0.4) is 0 Å². The molecule has 0 radical (unpaired) electrons. The molecule has 3 rings (SSSR count). The van der Waals surface area contributed by atoms with E-state index in [1.54, 1.807) is 24.3 Å². The lowest BCUT2D eigenvalue weighted by molar-refractivity contribution is 0.0948. The maximum atomic E-state index is 12.9. The summed E-state index contributed by atoms with van der Waals surface area (Å²) in [6.07, 6.45) is 0.839. The minimum atomic E-state index is -3.94. The number of benzene rings is 2. The van der Waals surface area contributed by atoms with Crippen LogP contribution in [0.4, 0.5) is 5.69 Å². The van der Waals surface area contributed by atoms with Gasteiger partial charge in [0.2, 0.25) is 0 Å². The number of anilines is 1. The van der Waals surface area contributed by atoms with Gasteiger partial charge in [-0.15, -0.1) is 0 Å². The van der Waals surface area contributed by atoms with Crippen molar-refractivity contribution in [3.05, 3.63) is 53.1 Å². The molecular formula is C23H31ClN4O4S. The second kappa shape index (κ2) is 11.7. The van der Waals surface area contributed by atoms with E-state index >= 15 is 0 Å². The number of methoxy groups -OCH3 is 1. The van der Waals surface area contributed by atoms with Gasteiger partial charge in [0.1, 0.15) is 5.75 Å². The summed E-state index contributed by atoms with van der Waals surface area (Å²) in [5.74, 6) is 0.0381. The molecule has 1 aliphatic heterocycles. The van der Waals surface area contributed by atoms with Crippen LogP contribution in [0.5, 0.6) is 5.75 Å². The van der Waals surface area contributed by atoms with Crippen LogP contribution in [0.1, 0.15) is 23.7 Å². The van der Waals surface area contributed by atoms with Crippen molar-refractivity contribution in [2.45, 2.75) is 18.2 Å². The van der Waals surface area contributed by atoms with Gasteiger partial charge in [0.25, 0.3) is 15.9 Å². The van der Waals surface area contributed by atoms with Gasteiger partial charge in [0.15, 0.2) is 0 Å². The van der Waals surface area contributed by atoms with E-state index < -0.39 is 10.0 Å². The fourth-order valence-corrected chi connectivity index (χ4v) is 4.98. The number of likely N-dealkylation sites (N-methyl/N-ethyl adjacent to an activating group) is 1. The van der Waals surface area contributed by atoms with E-state index in [1.807, 2.05) is 0 Å². The number of hydrogen-bond donors (Lipinski definition) is 2. The van der Waals surface area contributed by atoms with Crippen molar-refractivity contribution >= 4 is 33.2 Å². The Bertz CT molecular complexity index is 1060. The van der Waals surface area contributed by atoms with Gasteiger partial charge in [-0.1, -0.05) is 24.6 Å². The van der Waals surface area contributed by atoms with Crippen LogP contribution in [0.15, 0.2) is 47.4 Å². The molecule has 2 N–H and O–H groups in total. The molecule has 1 heterocycles. The summed E-state index contributed by atoms with van der Waals surface area (Å²) in [6, 6.07) is 10.6. The number of nitrogens with one attached hydrogen (secondary N) is 2. The van der Waals surface area contributed by atoms with E-state index in [9.17, 15) is 13.2 Å². The molecule has 0 saturated carbocycles. The Kier molecular flexibility index (Phi) is 8.96. The number of hydrogen-bond acceptors (Lipinski definition) is 6. The molecule has 33 heavy (non-hydrogen) atoms. The van der Waals surface area contributed by atoms with Crippen molar-refractivity contribution < 1.29 is 17.9 Å². The van der Waals surface area contributed by atoms with E-state index in [-0.39, 0.29) is 22.1 Å². The molecule has 0 aliphatic carbocycles. The standard InChI is InChI=1S/C23H31ClN4O4S/c1-3-27-12-14-28(15-13-27)11-5-10-25-23(29)18-6-4-7-20(16-18)33(30,31)26-21-17-19(24)8-9-22(21)32-2/h4,6-9,16-17,26H,3,5,10-15H2,1-2H3,(H,25,29). The zero-order valence-electron chi connectivity index (χ0n) is 19.0. The van der Waals surface area contributed by atoms with Gasteiger partial charge >= 0.3 is 0 Å². The summed E-state index contributed by atoms with van der Waals surface area (Å²) >= 11 is 5.99. The second-order valence-corrected chi connectivity index (χ2v) is 9.98. The van der Waals surface area contributed by atoms with E-state index in [1.165, 1.54) is 25.3 Å². The maximum Gasteiger partial charge on any atom is 0.262 e. The molecule has 1 saturated heterocycles. The molecule has 0 bridgehead atoms. The lowest BCUT2D eigenvalue weighted by Gasteiger charge is -2.33. The Labute approximate surface area is 200 Å². The third kappa shape index (κ3) is 7.07. The normalized spacial score (nSPS) is 15.2. The number of sulfonamides is 1. The van der Waals surface area contributed by atoms with Gasteiger partial charge in [-0.2, -0.15) is 0 Å². The van der Waals surface area contributed by atoms with Crippen LogP contribution in [0.2, 0.25) is 5.02 Å². The average molecular weight is 495 g/mol. The van der Waals surface area contributed by atoms with Crippen molar-refractivity contribution in [2.75, 3.05) is 57.6 Å². The van der Waals surface area contributed by atoms with E-state index in [4.69, 9.17) is 16.3 Å². The van der Waals surface area contributed by atoms with Gasteiger partial charge in [-0.3, -0.25) is 9.52 Å². The Balaban J connectivity index is 1.56. The first-order valence-corrected chi connectivity index (χ1v) is 12.9. The molecule has 1 aliphatic rings. The number of carbonyl (C=O) groups is 1. The quantitative estimate of drug-likeness (QED) is 0.493. The molecule has 180 valence electrons. The highest BCUT2D eigenvalue weighted by Crippen LogP contribution is 2.29. The lowest BCUT2D eigenvalue weighted by Crippen LogP contribution is -2.46. The number of piperazine rings is 1. The van der Waals surface area contributed by atoms with Crippen LogP contribution in [0.25, 0.3) is 0 Å². The van der Waals surface area contributed by atoms with Crippen molar-refractivity contribution in [3.8, 4) is 5.75 Å². The number of carbonyl (C=O) groups excluding carboxylic acids is 1. The predicted molar refractivity (Wildman–Crippen MR) is 131 cm³/mol. The van der Waals surface area contributed by atoms with Crippen molar-refractivity contribution in [1.82, 2.24) is 15.1 Å². The second-order valence-electron chi connectivity index (χ2n) is 7.86. The van der Waals surface area contributed by atoms with Gasteiger partial charge in [-0.05, 0) is 55.9 Å². The largest absolute Gasteiger partial charge is 0.495 e. The molecule has 0 atom stereocenters. The Morgan fingerprint density at radius 2 is 1.82 bits per heavy atom. The van der Waals surface area contributed by atoms with Gasteiger partial charge < -0.3 is 19.9 Å². The maximum absolute atomic E-state index is 12.9. The summed E-state index contributed by atoms with van der Waals surface area (Å²) in [4.78, 5) is 17.4. The van der Waals surface area contributed by atoms with Crippen LogP contribution in [-0.4, -0.2) is 77.0 Å². The lowest BCUT2D eigenvalue weighted by atomic mass is 10.2. The summed E-state index contributed by atoms with van der Waals surface area (Å²) in [5.41, 5.74) is 0.507. The summed E-state index contributed by atoms with van der Waals surface area (Å²) in [6.45, 7) is 8.98. The molecule has 2 aromatic carbocycles. The fraction of sp³-hybridized carbons (Fsp3) is 0.435. The van der Waals surface area contributed by atoms with Crippen molar-refractivity contribution in [2.24, 2.45) is 0 Å². The third-order valence-electron chi connectivity index (χ3n) is 5.66. The number of amides is 1. The number of ether oxygens (including phenoxy) is 1. The number of nitrogens with zero attached hydrogens (tertiary/aromatic N) is 2. The third-order valence-corrected chi connectivity index (χ3v) is 7.26. The average Bonchev–Trinajstić information content (AvgIpc) is 2.82. The van der Waals surface area contributed by atoms with Crippen molar-refractivity contribution in [1.29, 1.82) is 0 Å². The summed E-state index contributed by atoms with van der Waals surface area (Å²) in [7, 11) is -2.50. The molecule has 10 heteroatoms. The molecule has 8 nitrogen and oxygen atoms in total. The zero-order valence-corrected chi connectivity index (χ0v) is 20.6. The van der Waals surface area contributed by atoms with Crippen molar-refractivity contribution in [3.63, 3.8) is 0 Å². The highest BCUT2D eigenvalue weighted by atomic mass is 35.5. The molecular weight excluding hydrogens is 464 g/mol. The van der Waals surface area contributed by atoms with Gasteiger partial charge in [-0.25, -0.2) is 8.42 Å². The molecule has 0 spiro atoms. The first-order valence-electron chi connectivity index (χ1n) is 11.0. The Hall–Kier alpha value is -2.33. The van der Waals surface area contributed by atoms with E-state index in [2.05, 4.69) is 26.8 Å². The van der Waals surface area contributed by atoms with Crippen LogP contribution < -0.4 is 14.8 Å². The van der Waals surface area contributed by atoms with E-state index in [0.29, 0.717) is 17.3 Å². The van der Waals surface area contributed by atoms with Crippen LogP contribution in [0, 0.1) is 0 Å². The predicted octanol–water partition coefficient (Wildman–Crippen LogP) is 2.91.